The third-order valence-corrected chi connectivity index (χ3v) is 4.85. The Hall–Kier alpha value is -0.340. The summed E-state index contributed by atoms with van der Waals surface area (Å²) >= 11 is 1.86. The zero-order valence-corrected chi connectivity index (χ0v) is 11.4. The molecule has 1 aromatic rings. The average molecular weight is 237 g/mol. The Balaban J connectivity index is 1.83. The van der Waals surface area contributed by atoms with Crippen LogP contribution < -0.4 is 5.32 Å². The van der Waals surface area contributed by atoms with Crippen LogP contribution in [0.4, 0.5) is 0 Å². The first-order valence-electron chi connectivity index (χ1n) is 6.36. The van der Waals surface area contributed by atoms with E-state index in [0.717, 1.165) is 6.04 Å². The third kappa shape index (κ3) is 3.08. The quantitative estimate of drug-likeness (QED) is 0.823. The fourth-order valence-electron chi connectivity index (χ4n) is 2.54. The van der Waals surface area contributed by atoms with Gasteiger partial charge in [-0.2, -0.15) is 0 Å². The van der Waals surface area contributed by atoms with Crippen molar-refractivity contribution >= 4 is 11.3 Å². The van der Waals surface area contributed by atoms with Crippen molar-refractivity contribution in [3.05, 3.63) is 22.4 Å². The van der Waals surface area contributed by atoms with Crippen molar-refractivity contribution in [3.63, 3.8) is 0 Å². The molecule has 1 N–H and O–H groups in total. The molecular formula is C14H23NS. The smallest absolute Gasteiger partial charge is 0.0388 e. The van der Waals surface area contributed by atoms with Crippen molar-refractivity contribution in [2.75, 3.05) is 0 Å². The van der Waals surface area contributed by atoms with Crippen molar-refractivity contribution in [2.45, 2.75) is 58.5 Å². The lowest BCUT2D eigenvalue weighted by atomic mass is 9.75. The number of thiophene rings is 1. The van der Waals surface area contributed by atoms with Crippen LogP contribution in [0.25, 0.3) is 0 Å². The van der Waals surface area contributed by atoms with Gasteiger partial charge in [0.05, 0.1) is 0 Å². The average Bonchev–Trinajstić information content (AvgIpc) is 2.74. The predicted molar refractivity (Wildman–Crippen MR) is 71.9 cm³/mol. The van der Waals surface area contributed by atoms with Gasteiger partial charge in [0, 0.05) is 17.0 Å². The Morgan fingerprint density at radius 1 is 1.38 bits per heavy atom. The third-order valence-electron chi connectivity index (χ3n) is 3.79. The molecule has 0 aromatic carbocycles. The molecule has 1 atom stereocenters. The largest absolute Gasteiger partial charge is 0.307 e. The molecule has 1 saturated carbocycles. The SMILES string of the molecule is C[C@H](NC1CCC(C)(C)CC1)c1cccs1. The first-order chi connectivity index (χ1) is 7.57. The second-order valence-corrected chi connectivity index (χ2v) is 6.82. The molecule has 90 valence electrons. The summed E-state index contributed by atoms with van der Waals surface area (Å²) in [5.41, 5.74) is 0.574. The van der Waals surface area contributed by atoms with Gasteiger partial charge in [-0.05, 0) is 49.5 Å². The molecule has 0 bridgehead atoms. The highest BCUT2D eigenvalue weighted by atomic mass is 32.1. The Morgan fingerprint density at radius 2 is 2.06 bits per heavy atom. The highest BCUT2D eigenvalue weighted by Gasteiger charge is 2.27. The minimum atomic E-state index is 0.520. The van der Waals surface area contributed by atoms with E-state index in [1.807, 2.05) is 11.3 Å². The Kier molecular flexibility index (Phi) is 3.70. The Morgan fingerprint density at radius 3 is 2.62 bits per heavy atom. The van der Waals surface area contributed by atoms with Crippen molar-refractivity contribution in [1.29, 1.82) is 0 Å². The van der Waals surface area contributed by atoms with Gasteiger partial charge in [-0.1, -0.05) is 19.9 Å². The summed E-state index contributed by atoms with van der Waals surface area (Å²) < 4.78 is 0. The molecule has 0 spiro atoms. The van der Waals surface area contributed by atoms with Crippen LogP contribution in [0.15, 0.2) is 17.5 Å². The van der Waals surface area contributed by atoms with Gasteiger partial charge >= 0.3 is 0 Å². The minimum absolute atomic E-state index is 0.520. The molecule has 1 nitrogen and oxygen atoms in total. The predicted octanol–water partition coefficient (Wildman–Crippen LogP) is 4.37. The molecule has 1 aliphatic carbocycles. The van der Waals surface area contributed by atoms with Gasteiger partial charge in [0.25, 0.3) is 0 Å². The van der Waals surface area contributed by atoms with Gasteiger partial charge in [-0.3, -0.25) is 0 Å². The van der Waals surface area contributed by atoms with E-state index >= 15 is 0 Å². The summed E-state index contributed by atoms with van der Waals surface area (Å²) in [7, 11) is 0. The highest BCUT2D eigenvalue weighted by molar-refractivity contribution is 7.10. The molecule has 1 heterocycles. The fraction of sp³-hybridized carbons (Fsp3) is 0.714. The van der Waals surface area contributed by atoms with E-state index < -0.39 is 0 Å². The molecule has 16 heavy (non-hydrogen) atoms. The van der Waals surface area contributed by atoms with E-state index in [2.05, 4.69) is 43.6 Å². The van der Waals surface area contributed by atoms with Crippen LogP contribution in [0.5, 0.6) is 0 Å². The van der Waals surface area contributed by atoms with Crippen LogP contribution in [0.3, 0.4) is 0 Å². The molecule has 0 unspecified atom stereocenters. The molecule has 0 saturated heterocycles. The van der Waals surface area contributed by atoms with Gasteiger partial charge in [0.2, 0.25) is 0 Å². The van der Waals surface area contributed by atoms with Crippen LogP contribution in [0, 0.1) is 5.41 Å². The van der Waals surface area contributed by atoms with Crippen molar-refractivity contribution in [2.24, 2.45) is 5.41 Å². The van der Waals surface area contributed by atoms with Gasteiger partial charge in [-0.25, -0.2) is 0 Å². The number of hydrogen-bond acceptors (Lipinski definition) is 2. The van der Waals surface area contributed by atoms with E-state index in [1.165, 1.54) is 30.6 Å². The molecular weight excluding hydrogens is 214 g/mol. The minimum Gasteiger partial charge on any atom is -0.307 e. The fourth-order valence-corrected chi connectivity index (χ4v) is 3.28. The topological polar surface area (TPSA) is 12.0 Å². The van der Waals surface area contributed by atoms with E-state index in [0.29, 0.717) is 11.5 Å². The summed E-state index contributed by atoms with van der Waals surface area (Å²) in [6, 6.07) is 5.62. The van der Waals surface area contributed by atoms with E-state index in [1.54, 1.807) is 0 Å². The lowest BCUT2D eigenvalue weighted by molar-refractivity contribution is 0.200. The number of nitrogens with one attached hydrogen (secondary N) is 1. The standard InChI is InChI=1S/C14H23NS/c1-11(13-5-4-10-16-13)15-12-6-8-14(2,3)9-7-12/h4-5,10-12,15H,6-9H2,1-3H3/t11-/m0/s1. The van der Waals surface area contributed by atoms with Crippen molar-refractivity contribution in [1.82, 2.24) is 5.32 Å². The second-order valence-electron chi connectivity index (χ2n) is 5.84. The van der Waals surface area contributed by atoms with Crippen LogP contribution in [-0.4, -0.2) is 6.04 Å². The summed E-state index contributed by atoms with van der Waals surface area (Å²) in [4.78, 5) is 1.46. The molecule has 0 aliphatic heterocycles. The van der Waals surface area contributed by atoms with Gasteiger partial charge in [0.1, 0.15) is 0 Å². The Labute approximate surface area is 103 Å². The van der Waals surface area contributed by atoms with Crippen molar-refractivity contribution in [3.8, 4) is 0 Å². The number of hydrogen-bond donors (Lipinski definition) is 1. The molecule has 2 heteroatoms. The zero-order valence-electron chi connectivity index (χ0n) is 10.6. The van der Waals surface area contributed by atoms with Gasteiger partial charge < -0.3 is 5.32 Å². The molecule has 1 aromatic heterocycles. The maximum Gasteiger partial charge on any atom is 0.0388 e. The van der Waals surface area contributed by atoms with Crippen LogP contribution in [0.2, 0.25) is 0 Å². The second kappa shape index (κ2) is 4.89. The monoisotopic (exact) mass is 237 g/mol. The molecule has 1 aliphatic rings. The normalized spacial score (nSPS) is 23.2. The van der Waals surface area contributed by atoms with Crippen LogP contribution in [0.1, 0.15) is 57.4 Å². The van der Waals surface area contributed by atoms with Gasteiger partial charge in [-0.15, -0.1) is 11.3 Å². The Bertz CT molecular complexity index is 305. The molecule has 0 radical (unpaired) electrons. The molecule has 1 fully saturated rings. The van der Waals surface area contributed by atoms with Crippen LogP contribution >= 0.6 is 11.3 Å². The molecule has 0 amide bonds. The summed E-state index contributed by atoms with van der Waals surface area (Å²) in [5.74, 6) is 0. The molecule has 2 rings (SSSR count). The maximum absolute atomic E-state index is 3.77. The zero-order chi connectivity index (χ0) is 11.6. The summed E-state index contributed by atoms with van der Waals surface area (Å²) in [6.07, 6.45) is 5.40. The van der Waals surface area contributed by atoms with Gasteiger partial charge in [0.15, 0.2) is 0 Å². The number of rotatable bonds is 3. The van der Waals surface area contributed by atoms with E-state index in [-0.39, 0.29) is 0 Å². The highest BCUT2D eigenvalue weighted by Crippen LogP contribution is 2.35. The maximum atomic E-state index is 3.77. The summed E-state index contributed by atoms with van der Waals surface area (Å²) in [5, 5.41) is 5.93. The lowest BCUT2D eigenvalue weighted by Gasteiger charge is -2.35. The van der Waals surface area contributed by atoms with E-state index in [9.17, 15) is 0 Å². The lowest BCUT2D eigenvalue weighted by Crippen LogP contribution is -2.36. The van der Waals surface area contributed by atoms with E-state index in [4.69, 9.17) is 0 Å². The first kappa shape index (κ1) is 12.1. The first-order valence-corrected chi connectivity index (χ1v) is 7.24. The van der Waals surface area contributed by atoms with Crippen LogP contribution in [-0.2, 0) is 0 Å². The van der Waals surface area contributed by atoms with Crippen molar-refractivity contribution < 1.29 is 0 Å². The summed E-state index contributed by atoms with van der Waals surface area (Å²) in [6.45, 7) is 7.07.